The largest absolute Gasteiger partial charge is 0.398 e. The van der Waals surface area contributed by atoms with E-state index in [4.69, 9.17) is 5.73 Å². The maximum atomic E-state index is 12.6. The molecule has 124 valence electrons. The first-order valence-electron chi connectivity index (χ1n) is 7.96. The molecule has 1 heterocycles. The van der Waals surface area contributed by atoms with Crippen LogP contribution in [-0.2, 0) is 0 Å². The standard InChI is InChI=1S/C17H22BrN3O2/c1-21-7-6-10-12(9-21)13(18)8-11(16(10)19)17(23)20-14-4-2-3-5-15(14)22/h6,8-9,14-15,22H,2-5,7,19H2,1H3,(H,20,23). The molecule has 1 fully saturated rings. The Morgan fingerprint density at radius 2 is 2.13 bits per heavy atom. The van der Waals surface area contributed by atoms with Gasteiger partial charge in [0, 0.05) is 34.7 Å². The minimum absolute atomic E-state index is 0.188. The number of nitrogens with zero attached hydrogens (tertiary/aromatic N) is 1. The molecule has 1 aromatic carbocycles. The number of fused-ring (bicyclic) bond motifs is 1. The Balaban J connectivity index is 1.93. The van der Waals surface area contributed by atoms with Crippen molar-refractivity contribution in [2.75, 3.05) is 19.3 Å². The fraction of sp³-hybridized carbons (Fsp3) is 0.471. The van der Waals surface area contributed by atoms with E-state index in [9.17, 15) is 9.90 Å². The third-order valence-electron chi connectivity index (χ3n) is 4.62. The van der Waals surface area contributed by atoms with E-state index in [1.165, 1.54) is 0 Å². The number of benzene rings is 1. The van der Waals surface area contributed by atoms with Gasteiger partial charge in [0.05, 0.1) is 23.4 Å². The van der Waals surface area contributed by atoms with Crippen molar-refractivity contribution in [3.8, 4) is 0 Å². The Morgan fingerprint density at radius 3 is 2.87 bits per heavy atom. The molecule has 2 unspecified atom stereocenters. The number of nitrogens with one attached hydrogen (secondary N) is 1. The lowest BCUT2D eigenvalue weighted by atomic mass is 9.92. The van der Waals surface area contributed by atoms with Crippen LogP contribution < -0.4 is 21.5 Å². The number of carbonyl (C=O) groups excluding carboxylic acids is 1. The van der Waals surface area contributed by atoms with Crippen molar-refractivity contribution in [2.24, 2.45) is 0 Å². The van der Waals surface area contributed by atoms with Crippen LogP contribution in [0.5, 0.6) is 0 Å². The van der Waals surface area contributed by atoms with Gasteiger partial charge in [-0.2, -0.15) is 0 Å². The molecular weight excluding hydrogens is 358 g/mol. The van der Waals surface area contributed by atoms with E-state index in [1.54, 1.807) is 6.07 Å². The van der Waals surface area contributed by atoms with E-state index < -0.39 is 6.10 Å². The van der Waals surface area contributed by atoms with Gasteiger partial charge in [-0.05, 0) is 18.9 Å². The number of anilines is 1. The van der Waals surface area contributed by atoms with Gasteiger partial charge in [0.2, 0.25) is 0 Å². The number of hydrogen-bond acceptors (Lipinski definition) is 4. The zero-order valence-corrected chi connectivity index (χ0v) is 14.8. The van der Waals surface area contributed by atoms with Crippen molar-refractivity contribution in [1.82, 2.24) is 10.2 Å². The van der Waals surface area contributed by atoms with E-state index in [0.29, 0.717) is 11.3 Å². The molecule has 0 bridgehead atoms. The predicted octanol–water partition coefficient (Wildman–Crippen LogP) is 0.529. The van der Waals surface area contributed by atoms with Crippen LogP contribution in [0.15, 0.2) is 10.5 Å². The Morgan fingerprint density at radius 1 is 1.39 bits per heavy atom. The molecule has 0 saturated heterocycles. The lowest BCUT2D eigenvalue weighted by Crippen LogP contribution is -2.46. The number of aliphatic hydroxyl groups excluding tert-OH is 1. The molecule has 1 aliphatic heterocycles. The van der Waals surface area contributed by atoms with Gasteiger partial charge in [0.25, 0.3) is 5.91 Å². The Kier molecular flexibility index (Phi) is 4.64. The summed E-state index contributed by atoms with van der Waals surface area (Å²) in [6.45, 7) is 0.760. The Hall–Kier alpha value is -1.53. The Bertz CT molecular complexity index is 747. The van der Waals surface area contributed by atoms with Crippen molar-refractivity contribution in [1.29, 1.82) is 0 Å². The number of nitrogens with two attached hydrogens (primary N) is 1. The second-order valence-electron chi connectivity index (χ2n) is 6.35. The van der Waals surface area contributed by atoms with Crippen LogP contribution in [0.1, 0.15) is 36.0 Å². The van der Waals surface area contributed by atoms with Crippen LogP contribution in [-0.4, -0.2) is 41.7 Å². The van der Waals surface area contributed by atoms with Gasteiger partial charge in [-0.3, -0.25) is 4.79 Å². The number of hydrogen-bond donors (Lipinski definition) is 3. The average molecular weight is 380 g/mol. The van der Waals surface area contributed by atoms with Gasteiger partial charge < -0.3 is 21.1 Å². The maximum absolute atomic E-state index is 12.6. The number of aliphatic hydroxyl groups is 1. The predicted molar refractivity (Wildman–Crippen MR) is 95.1 cm³/mol. The molecule has 6 heteroatoms. The summed E-state index contributed by atoms with van der Waals surface area (Å²) in [5, 5.41) is 14.9. The number of halogens is 1. The van der Waals surface area contributed by atoms with Crippen LogP contribution in [0.3, 0.4) is 0 Å². The highest BCUT2D eigenvalue weighted by molar-refractivity contribution is 9.10. The second-order valence-corrected chi connectivity index (χ2v) is 7.21. The van der Waals surface area contributed by atoms with Crippen LogP contribution in [0, 0.1) is 0 Å². The van der Waals surface area contributed by atoms with E-state index in [2.05, 4.69) is 26.1 Å². The normalized spacial score (nSPS) is 23.5. The molecule has 1 aliphatic carbocycles. The molecule has 5 nitrogen and oxygen atoms in total. The van der Waals surface area contributed by atoms with Crippen LogP contribution >= 0.6 is 15.9 Å². The van der Waals surface area contributed by atoms with E-state index in [-0.39, 0.29) is 11.9 Å². The highest BCUT2D eigenvalue weighted by atomic mass is 79.9. The molecule has 1 saturated carbocycles. The summed E-state index contributed by atoms with van der Waals surface area (Å²) >= 11 is 3.54. The van der Waals surface area contributed by atoms with Gasteiger partial charge >= 0.3 is 0 Å². The molecule has 0 radical (unpaired) electrons. The van der Waals surface area contributed by atoms with Gasteiger partial charge in [-0.1, -0.05) is 34.8 Å². The first kappa shape index (κ1) is 16.3. The molecule has 1 amide bonds. The SMILES string of the molecule is CN1C=c2c(Br)cc(C(=O)NC3CCCCC3O)c(N)c2=CC1. The molecule has 23 heavy (non-hydrogen) atoms. The molecule has 1 aromatic rings. The summed E-state index contributed by atoms with van der Waals surface area (Å²) in [7, 11) is 1.99. The minimum atomic E-state index is -0.469. The van der Waals surface area contributed by atoms with Crippen molar-refractivity contribution in [3.05, 3.63) is 26.5 Å². The van der Waals surface area contributed by atoms with E-state index >= 15 is 0 Å². The first-order chi connectivity index (χ1) is 11.0. The van der Waals surface area contributed by atoms with Crippen molar-refractivity contribution >= 4 is 39.8 Å². The highest BCUT2D eigenvalue weighted by Gasteiger charge is 2.26. The lowest BCUT2D eigenvalue weighted by Gasteiger charge is -2.28. The lowest BCUT2D eigenvalue weighted by molar-refractivity contribution is 0.0718. The van der Waals surface area contributed by atoms with Gasteiger partial charge in [0.1, 0.15) is 0 Å². The molecule has 0 aromatic heterocycles. The van der Waals surface area contributed by atoms with Crippen molar-refractivity contribution in [3.63, 3.8) is 0 Å². The maximum Gasteiger partial charge on any atom is 0.253 e. The third-order valence-corrected chi connectivity index (χ3v) is 5.28. The van der Waals surface area contributed by atoms with E-state index in [0.717, 1.165) is 47.1 Å². The number of carbonyl (C=O) groups is 1. The summed E-state index contributed by atoms with van der Waals surface area (Å²) in [5.41, 5.74) is 7.20. The average Bonchev–Trinajstić information content (AvgIpc) is 2.53. The number of nitrogen functional groups attached to an aromatic ring is 1. The summed E-state index contributed by atoms with van der Waals surface area (Å²) in [5.74, 6) is -0.218. The van der Waals surface area contributed by atoms with E-state index in [1.807, 2.05) is 19.3 Å². The van der Waals surface area contributed by atoms with Crippen molar-refractivity contribution < 1.29 is 9.90 Å². The smallest absolute Gasteiger partial charge is 0.253 e. The molecule has 2 atom stereocenters. The summed E-state index contributed by atoms with van der Waals surface area (Å²) < 4.78 is 0.846. The monoisotopic (exact) mass is 379 g/mol. The second kappa shape index (κ2) is 6.53. The summed E-state index contributed by atoms with van der Waals surface area (Å²) in [6.07, 6.45) is 7.17. The fourth-order valence-corrected chi connectivity index (χ4v) is 3.82. The summed E-state index contributed by atoms with van der Waals surface area (Å²) in [4.78, 5) is 14.7. The molecular formula is C17H22BrN3O2. The number of amides is 1. The van der Waals surface area contributed by atoms with Crippen molar-refractivity contribution in [2.45, 2.75) is 37.8 Å². The van der Waals surface area contributed by atoms with Crippen LogP contribution in [0.25, 0.3) is 12.3 Å². The van der Waals surface area contributed by atoms with Crippen LogP contribution in [0.4, 0.5) is 5.69 Å². The zero-order valence-electron chi connectivity index (χ0n) is 13.2. The zero-order chi connectivity index (χ0) is 16.6. The van der Waals surface area contributed by atoms with Gasteiger partial charge in [-0.25, -0.2) is 0 Å². The highest BCUT2D eigenvalue weighted by Crippen LogP contribution is 2.20. The summed E-state index contributed by atoms with van der Waals surface area (Å²) in [6, 6.07) is 1.58. The first-order valence-corrected chi connectivity index (χ1v) is 8.76. The molecule has 2 aliphatic rings. The molecule has 4 N–H and O–H groups in total. The Labute approximate surface area is 144 Å². The third kappa shape index (κ3) is 3.23. The van der Waals surface area contributed by atoms with Crippen LogP contribution in [0.2, 0.25) is 0 Å². The minimum Gasteiger partial charge on any atom is -0.398 e. The topological polar surface area (TPSA) is 78.6 Å². The molecule has 0 spiro atoms. The fourth-order valence-electron chi connectivity index (χ4n) is 3.27. The quantitative estimate of drug-likeness (QED) is 0.654. The van der Waals surface area contributed by atoms with Gasteiger partial charge in [0.15, 0.2) is 0 Å². The molecule has 3 rings (SSSR count). The number of rotatable bonds is 2. The van der Waals surface area contributed by atoms with Gasteiger partial charge in [-0.15, -0.1) is 0 Å².